The molecule has 0 fully saturated rings. The minimum absolute atomic E-state index is 0.0147. The van der Waals surface area contributed by atoms with Gasteiger partial charge in [-0.25, -0.2) is 0 Å². The Kier molecular flexibility index (Phi) is 7.11. The van der Waals surface area contributed by atoms with Crippen LogP contribution in [-0.4, -0.2) is 30.6 Å². The van der Waals surface area contributed by atoms with Gasteiger partial charge in [0.2, 0.25) is 11.8 Å². The number of benzene rings is 2. The second-order valence-corrected chi connectivity index (χ2v) is 7.92. The largest absolute Gasteiger partial charge is 0.468 e. The summed E-state index contributed by atoms with van der Waals surface area (Å²) in [6, 6.07) is 18.4. The molecule has 0 saturated carbocycles. The van der Waals surface area contributed by atoms with Crippen molar-refractivity contribution in [1.29, 1.82) is 5.26 Å². The minimum Gasteiger partial charge on any atom is -0.468 e. The Morgan fingerprint density at radius 3 is 2.58 bits per heavy atom. The van der Waals surface area contributed by atoms with Gasteiger partial charge in [0.15, 0.2) is 0 Å². The number of nitrogens with one attached hydrogen (secondary N) is 2. The van der Waals surface area contributed by atoms with Gasteiger partial charge in [0.1, 0.15) is 5.92 Å². The van der Waals surface area contributed by atoms with Crippen LogP contribution in [0.25, 0.3) is 0 Å². The van der Waals surface area contributed by atoms with Crippen molar-refractivity contribution in [2.45, 2.75) is 12.8 Å². The molecule has 0 bridgehead atoms. The molecule has 8 heteroatoms. The lowest BCUT2D eigenvalue weighted by molar-refractivity contribution is -0.150. The summed E-state index contributed by atoms with van der Waals surface area (Å²) in [5.74, 6) is -3.57. The number of methoxy groups -OCH3 is 1. The van der Waals surface area contributed by atoms with Gasteiger partial charge in [-0.3, -0.25) is 14.4 Å². The van der Waals surface area contributed by atoms with Crippen LogP contribution in [-0.2, 0) is 19.1 Å². The van der Waals surface area contributed by atoms with Crippen molar-refractivity contribution in [1.82, 2.24) is 5.32 Å². The van der Waals surface area contributed by atoms with E-state index in [2.05, 4.69) is 16.7 Å². The zero-order valence-corrected chi connectivity index (χ0v) is 17.9. The molecule has 2 atom stereocenters. The van der Waals surface area contributed by atoms with Gasteiger partial charge in [0, 0.05) is 11.6 Å². The Morgan fingerprint density at radius 2 is 1.94 bits per heavy atom. The molecule has 2 aromatic carbocycles. The van der Waals surface area contributed by atoms with Gasteiger partial charge in [-0.1, -0.05) is 54.2 Å². The molecular formula is C23H21N3O4S. The number of allylic oxidation sites excluding steroid dienone is 1. The fraction of sp³-hybridized carbons (Fsp3) is 0.217. The Balaban J connectivity index is 1.86. The number of hydrogen-bond acceptors (Lipinski definition) is 6. The zero-order chi connectivity index (χ0) is 22.4. The van der Waals surface area contributed by atoms with Gasteiger partial charge >= 0.3 is 5.97 Å². The molecule has 2 N–H and O–H groups in total. The van der Waals surface area contributed by atoms with Crippen LogP contribution in [0.1, 0.15) is 17.0 Å². The number of esters is 1. The summed E-state index contributed by atoms with van der Waals surface area (Å²) in [6.45, 7) is 1.92. The highest BCUT2D eigenvalue weighted by molar-refractivity contribution is 8.03. The Bertz CT molecular complexity index is 1080. The Morgan fingerprint density at radius 1 is 1.19 bits per heavy atom. The highest BCUT2D eigenvalue weighted by atomic mass is 32.2. The molecule has 0 spiro atoms. The van der Waals surface area contributed by atoms with Gasteiger partial charge in [-0.15, -0.1) is 0 Å². The van der Waals surface area contributed by atoms with E-state index >= 15 is 0 Å². The summed E-state index contributed by atoms with van der Waals surface area (Å²) in [6.07, 6.45) is 0. The van der Waals surface area contributed by atoms with E-state index in [1.165, 1.54) is 7.11 Å². The first kappa shape index (κ1) is 22.1. The maximum Gasteiger partial charge on any atom is 0.319 e. The maximum atomic E-state index is 12.8. The van der Waals surface area contributed by atoms with E-state index < -0.39 is 23.7 Å². The first-order valence-electron chi connectivity index (χ1n) is 9.51. The van der Waals surface area contributed by atoms with Gasteiger partial charge in [0.25, 0.3) is 0 Å². The van der Waals surface area contributed by atoms with E-state index in [9.17, 15) is 19.6 Å². The average Bonchev–Trinajstić information content (AvgIpc) is 2.77. The molecule has 0 aromatic heterocycles. The summed E-state index contributed by atoms with van der Waals surface area (Å²) in [4.78, 5) is 37.5. The molecule has 3 rings (SSSR count). The lowest BCUT2D eigenvalue weighted by atomic mass is 9.78. The van der Waals surface area contributed by atoms with Gasteiger partial charge in [0.05, 0.1) is 29.5 Å². The number of nitrogens with zero attached hydrogens (tertiary/aromatic N) is 1. The van der Waals surface area contributed by atoms with E-state index in [1.54, 1.807) is 36.4 Å². The number of amides is 2. The summed E-state index contributed by atoms with van der Waals surface area (Å²) >= 11 is 1.05. The number of anilines is 1. The lowest BCUT2D eigenvalue weighted by Gasteiger charge is -2.30. The highest BCUT2D eigenvalue weighted by Crippen LogP contribution is 2.40. The molecule has 1 aliphatic rings. The highest BCUT2D eigenvalue weighted by Gasteiger charge is 2.44. The summed E-state index contributed by atoms with van der Waals surface area (Å²) in [5, 5.41) is 15.5. The minimum atomic E-state index is -1.19. The predicted octanol–water partition coefficient (Wildman–Crippen LogP) is 3.10. The molecule has 0 unspecified atom stereocenters. The fourth-order valence-corrected chi connectivity index (χ4v) is 4.25. The summed E-state index contributed by atoms with van der Waals surface area (Å²) < 4.78 is 4.81. The number of carbonyl (C=O) groups excluding carboxylic acids is 3. The number of ether oxygens (including phenoxy) is 1. The van der Waals surface area contributed by atoms with Gasteiger partial charge < -0.3 is 15.4 Å². The third-order valence-electron chi connectivity index (χ3n) is 4.79. The van der Waals surface area contributed by atoms with Crippen molar-refractivity contribution < 1.29 is 19.1 Å². The lowest BCUT2D eigenvalue weighted by Crippen LogP contribution is -2.44. The third kappa shape index (κ3) is 5.13. The van der Waals surface area contributed by atoms with Crippen molar-refractivity contribution in [3.63, 3.8) is 0 Å². The Labute approximate surface area is 184 Å². The molecule has 0 saturated heterocycles. The van der Waals surface area contributed by atoms with Crippen molar-refractivity contribution in [2.24, 2.45) is 5.92 Å². The van der Waals surface area contributed by atoms with Gasteiger partial charge in [-0.2, -0.15) is 5.26 Å². The number of hydrogen-bond donors (Lipinski definition) is 2. The SMILES string of the molecule is COC(=O)[C@@H]1C(=O)NC(SCC(=O)Nc2cccc(C)c2)=C(C#N)[C@@H]1c1ccccc1. The third-order valence-corrected chi connectivity index (χ3v) is 5.81. The van der Waals surface area contributed by atoms with Crippen LogP contribution in [0.15, 0.2) is 65.2 Å². The quantitative estimate of drug-likeness (QED) is 0.533. The molecule has 2 aromatic rings. The molecule has 2 amide bonds. The van der Waals surface area contributed by atoms with E-state index in [0.29, 0.717) is 11.3 Å². The molecule has 1 aliphatic heterocycles. The van der Waals surface area contributed by atoms with Crippen LogP contribution in [0.4, 0.5) is 5.69 Å². The second-order valence-electron chi connectivity index (χ2n) is 6.94. The van der Waals surface area contributed by atoms with Crippen molar-refractivity contribution in [2.75, 3.05) is 18.2 Å². The number of carbonyl (C=O) groups is 3. The van der Waals surface area contributed by atoms with Crippen molar-refractivity contribution in [3.8, 4) is 6.07 Å². The van der Waals surface area contributed by atoms with Crippen LogP contribution < -0.4 is 10.6 Å². The molecular weight excluding hydrogens is 414 g/mol. The Hall–Kier alpha value is -3.57. The van der Waals surface area contributed by atoms with E-state index in [4.69, 9.17) is 4.74 Å². The first-order chi connectivity index (χ1) is 14.9. The van der Waals surface area contributed by atoms with E-state index in [0.717, 1.165) is 17.3 Å². The van der Waals surface area contributed by atoms with Crippen LogP contribution >= 0.6 is 11.8 Å². The van der Waals surface area contributed by atoms with Crippen molar-refractivity contribution >= 4 is 35.2 Å². The zero-order valence-electron chi connectivity index (χ0n) is 17.0. The van der Waals surface area contributed by atoms with Crippen LogP contribution in [0.2, 0.25) is 0 Å². The number of thioether (sulfide) groups is 1. The number of rotatable bonds is 6. The topological polar surface area (TPSA) is 108 Å². The number of nitriles is 1. The van der Waals surface area contributed by atoms with Crippen LogP contribution in [0, 0.1) is 24.2 Å². The average molecular weight is 436 g/mol. The smallest absolute Gasteiger partial charge is 0.319 e. The van der Waals surface area contributed by atoms with Crippen molar-refractivity contribution in [3.05, 3.63) is 76.3 Å². The van der Waals surface area contributed by atoms with Gasteiger partial charge in [-0.05, 0) is 30.2 Å². The molecule has 0 aliphatic carbocycles. The molecule has 31 heavy (non-hydrogen) atoms. The fourth-order valence-electron chi connectivity index (χ4n) is 3.40. The molecule has 0 radical (unpaired) electrons. The molecule has 7 nitrogen and oxygen atoms in total. The first-order valence-corrected chi connectivity index (χ1v) is 10.5. The van der Waals surface area contributed by atoms with E-state index in [1.807, 2.05) is 25.1 Å². The van der Waals surface area contributed by atoms with E-state index in [-0.39, 0.29) is 22.3 Å². The summed E-state index contributed by atoms with van der Waals surface area (Å²) in [7, 11) is 1.20. The normalized spacial score (nSPS) is 18.0. The van der Waals surface area contributed by atoms with Crippen LogP contribution in [0.3, 0.4) is 0 Å². The molecule has 1 heterocycles. The number of aryl methyl sites for hydroxylation is 1. The maximum absolute atomic E-state index is 12.8. The predicted molar refractivity (Wildman–Crippen MR) is 118 cm³/mol. The summed E-state index contributed by atoms with van der Waals surface area (Å²) in [5.41, 5.74) is 2.54. The standard InChI is InChI=1S/C23H21N3O4S/c1-14-7-6-10-16(11-14)25-18(27)13-31-22-17(12-24)19(15-8-4-3-5-9-15)20(21(28)26-22)23(29)30-2/h3-11,19-20H,13H2,1-2H3,(H,25,27)(H,26,28)/t19-,20-/m0/s1. The van der Waals surface area contributed by atoms with Crippen LogP contribution in [0.5, 0.6) is 0 Å². The molecule has 158 valence electrons. The monoisotopic (exact) mass is 435 g/mol. The second kappa shape index (κ2) is 9.96.